The van der Waals surface area contributed by atoms with Crippen molar-refractivity contribution in [3.05, 3.63) is 64.7 Å². The molecule has 2 rings (SSSR count). The first-order chi connectivity index (χ1) is 15.3. The molecule has 32 heavy (non-hydrogen) atoms. The lowest BCUT2D eigenvalue weighted by Gasteiger charge is -2.18. The molecule has 0 radical (unpaired) electrons. The summed E-state index contributed by atoms with van der Waals surface area (Å²) in [6.45, 7) is 7.85. The molecule has 10 nitrogen and oxygen atoms in total. The predicted molar refractivity (Wildman–Crippen MR) is 123 cm³/mol. The molecule has 0 amide bonds. The zero-order valence-electron chi connectivity index (χ0n) is 18.1. The summed E-state index contributed by atoms with van der Waals surface area (Å²) in [6, 6.07) is 8.79. The fourth-order valence-corrected chi connectivity index (χ4v) is 4.32. The Morgan fingerprint density at radius 1 is 1.19 bits per heavy atom. The average Bonchev–Trinajstić information content (AvgIpc) is 2.78. The highest BCUT2D eigenvalue weighted by atomic mass is 32.2. The van der Waals surface area contributed by atoms with Crippen LogP contribution in [-0.2, 0) is 10.0 Å². The first-order valence-electron chi connectivity index (χ1n) is 9.77. The minimum atomic E-state index is -3.83. The third-order valence-corrected chi connectivity index (χ3v) is 6.50. The van der Waals surface area contributed by atoms with Crippen LogP contribution < -0.4 is 14.9 Å². The Morgan fingerprint density at radius 3 is 2.50 bits per heavy atom. The number of rotatable bonds is 12. The molecule has 0 fully saturated rings. The summed E-state index contributed by atoms with van der Waals surface area (Å²) in [6.07, 6.45) is 3.06. The monoisotopic (exact) mass is 462 g/mol. The van der Waals surface area contributed by atoms with Gasteiger partial charge in [-0.05, 0) is 35.9 Å². The van der Waals surface area contributed by atoms with Gasteiger partial charge in [0.1, 0.15) is 12.3 Å². The Labute approximate surface area is 187 Å². The van der Waals surface area contributed by atoms with Gasteiger partial charge in [0, 0.05) is 19.2 Å². The molecule has 172 valence electrons. The summed E-state index contributed by atoms with van der Waals surface area (Å²) in [5.41, 5.74) is 2.91. The number of nitro benzene ring substituents is 1. The fourth-order valence-electron chi connectivity index (χ4n) is 2.84. The van der Waals surface area contributed by atoms with Gasteiger partial charge in [-0.3, -0.25) is 15.5 Å². The standard InChI is InChI=1S/C21H26N4O6S/c1-5-12-31-20-11-8-16(13-21(20)30-4)15-22-23-18-10-9-17(14-19(18)25(26)27)32(28,29)24(6-2)7-3/h5,8-11,13-15,23H,1,6-7,12H2,2-4H3/b22-15+. The van der Waals surface area contributed by atoms with Crippen LogP contribution in [0.2, 0.25) is 0 Å². The van der Waals surface area contributed by atoms with Gasteiger partial charge in [-0.1, -0.05) is 26.5 Å². The van der Waals surface area contributed by atoms with E-state index in [0.29, 0.717) is 23.7 Å². The molecule has 0 unspecified atom stereocenters. The Balaban J connectivity index is 2.27. The molecule has 0 saturated heterocycles. The van der Waals surface area contributed by atoms with Crippen molar-refractivity contribution in [1.82, 2.24) is 4.31 Å². The van der Waals surface area contributed by atoms with E-state index >= 15 is 0 Å². The number of anilines is 1. The quantitative estimate of drug-likeness (QED) is 0.221. The van der Waals surface area contributed by atoms with E-state index in [9.17, 15) is 18.5 Å². The molecule has 2 aromatic rings. The smallest absolute Gasteiger partial charge is 0.295 e. The highest BCUT2D eigenvalue weighted by Gasteiger charge is 2.25. The zero-order valence-corrected chi connectivity index (χ0v) is 19.0. The van der Waals surface area contributed by atoms with Crippen LogP contribution in [0.25, 0.3) is 0 Å². The minimum Gasteiger partial charge on any atom is -0.493 e. The van der Waals surface area contributed by atoms with Gasteiger partial charge < -0.3 is 9.47 Å². The van der Waals surface area contributed by atoms with Crippen LogP contribution in [0.5, 0.6) is 11.5 Å². The lowest BCUT2D eigenvalue weighted by molar-refractivity contribution is -0.384. The van der Waals surface area contributed by atoms with Crippen LogP contribution in [0.1, 0.15) is 19.4 Å². The molecule has 1 N–H and O–H groups in total. The number of nitrogens with zero attached hydrogens (tertiary/aromatic N) is 3. The van der Waals surface area contributed by atoms with Gasteiger partial charge in [-0.15, -0.1) is 0 Å². The van der Waals surface area contributed by atoms with Crippen molar-refractivity contribution in [2.75, 3.05) is 32.2 Å². The van der Waals surface area contributed by atoms with Crippen molar-refractivity contribution in [3.63, 3.8) is 0 Å². The van der Waals surface area contributed by atoms with Gasteiger partial charge >= 0.3 is 0 Å². The van der Waals surface area contributed by atoms with Crippen molar-refractivity contribution in [1.29, 1.82) is 0 Å². The Kier molecular flexibility index (Phi) is 8.73. The lowest BCUT2D eigenvalue weighted by Crippen LogP contribution is -2.30. The number of nitro groups is 1. The highest BCUT2D eigenvalue weighted by Crippen LogP contribution is 2.30. The molecule has 0 aliphatic heterocycles. The zero-order chi connectivity index (χ0) is 23.7. The Hall–Kier alpha value is -3.44. The molecular formula is C21H26N4O6S. The number of hydrogen-bond acceptors (Lipinski definition) is 8. The number of methoxy groups -OCH3 is 1. The number of nitrogens with one attached hydrogen (secondary N) is 1. The summed E-state index contributed by atoms with van der Waals surface area (Å²) >= 11 is 0. The van der Waals surface area contributed by atoms with E-state index in [4.69, 9.17) is 9.47 Å². The van der Waals surface area contributed by atoms with Crippen LogP contribution >= 0.6 is 0 Å². The van der Waals surface area contributed by atoms with E-state index < -0.39 is 20.6 Å². The van der Waals surface area contributed by atoms with Crippen molar-refractivity contribution >= 4 is 27.6 Å². The number of hydrogen-bond donors (Lipinski definition) is 1. The molecule has 0 heterocycles. The van der Waals surface area contributed by atoms with Crippen LogP contribution in [0.3, 0.4) is 0 Å². The molecule has 0 aliphatic carbocycles. The maximum Gasteiger partial charge on any atom is 0.295 e. The van der Waals surface area contributed by atoms with E-state index in [0.717, 1.165) is 6.07 Å². The molecule has 0 atom stereocenters. The topological polar surface area (TPSA) is 123 Å². The third-order valence-electron chi connectivity index (χ3n) is 4.45. The minimum absolute atomic E-state index is 0.0580. The maximum absolute atomic E-state index is 12.7. The van der Waals surface area contributed by atoms with Gasteiger partial charge in [-0.25, -0.2) is 8.42 Å². The van der Waals surface area contributed by atoms with Crippen molar-refractivity contribution in [2.45, 2.75) is 18.7 Å². The second kappa shape index (κ2) is 11.3. The Morgan fingerprint density at radius 2 is 1.91 bits per heavy atom. The average molecular weight is 463 g/mol. The summed E-state index contributed by atoms with van der Waals surface area (Å²) in [7, 11) is -2.32. The Bertz CT molecular complexity index is 1100. The first kappa shape index (κ1) is 24.8. The lowest BCUT2D eigenvalue weighted by atomic mass is 10.2. The molecule has 11 heteroatoms. The van der Waals surface area contributed by atoms with Gasteiger partial charge in [0.2, 0.25) is 10.0 Å². The molecule has 0 saturated carbocycles. The summed E-state index contributed by atoms with van der Waals surface area (Å²) < 4.78 is 37.3. The number of ether oxygens (including phenoxy) is 2. The van der Waals surface area contributed by atoms with E-state index in [-0.39, 0.29) is 23.7 Å². The van der Waals surface area contributed by atoms with E-state index in [1.807, 2.05) is 0 Å². The predicted octanol–water partition coefficient (Wildman–Crippen LogP) is 3.64. The second-order valence-electron chi connectivity index (χ2n) is 6.41. The van der Waals surface area contributed by atoms with Gasteiger partial charge in [-0.2, -0.15) is 9.41 Å². The number of benzene rings is 2. The molecule has 0 aromatic heterocycles. The van der Waals surface area contributed by atoms with Crippen molar-refractivity contribution < 1.29 is 22.8 Å². The molecular weight excluding hydrogens is 436 g/mol. The van der Waals surface area contributed by atoms with Gasteiger partial charge in [0.05, 0.1) is 23.1 Å². The van der Waals surface area contributed by atoms with E-state index in [2.05, 4.69) is 17.1 Å². The maximum atomic E-state index is 12.7. The SMILES string of the molecule is C=CCOc1ccc(/C=N/Nc2ccc(S(=O)(=O)N(CC)CC)cc2[N+](=O)[O-])cc1OC. The third kappa shape index (κ3) is 5.83. The summed E-state index contributed by atoms with van der Waals surface area (Å²) in [4.78, 5) is 10.7. The largest absolute Gasteiger partial charge is 0.493 e. The van der Waals surface area contributed by atoms with Crippen LogP contribution in [0.4, 0.5) is 11.4 Å². The fraction of sp³-hybridized carbons (Fsp3) is 0.286. The van der Waals surface area contributed by atoms with Crippen molar-refractivity contribution in [3.8, 4) is 11.5 Å². The van der Waals surface area contributed by atoms with Gasteiger partial charge in [0.25, 0.3) is 5.69 Å². The van der Waals surface area contributed by atoms with E-state index in [1.54, 1.807) is 38.1 Å². The number of hydrazone groups is 1. The van der Waals surface area contributed by atoms with Crippen LogP contribution in [-0.4, -0.2) is 50.7 Å². The number of sulfonamides is 1. The van der Waals surface area contributed by atoms with E-state index in [1.165, 1.54) is 29.8 Å². The molecule has 0 spiro atoms. The summed E-state index contributed by atoms with van der Waals surface area (Å²) in [5.74, 6) is 1.03. The second-order valence-corrected chi connectivity index (χ2v) is 8.34. The normalized spacial score (nSPS) is 11.5. The molecule has 2 aromatic carbocycles. The van der Waals surface area contributed by atoms with Gasteiger partial charge in [0.15, 0.2) is 11.5 Å². The van der Waals surface area contributed by atoms with Crippen LogP contribution in [0.15, 0.2) is 59.1 Å². The summed E-state index contributed by atoms with van der Waals surface area (Å²) in [5, 5.41) is 15.5. The first-order valence-corrected chi connectivity index (χ1v) is 11.2. The molecule has 0 bridgehead atoms. The van der Waals surface area contributed by atoms with Crippen LogP contribution in [0, 0.1) is 10.1 Å². The molecule has 0 aliphatic rings. The highest BCUT2D eigenvalue weighted by molar-refractivity contribution is 7.89. The van der Waals surface area contributed by atoms with Crippen molar-refractivity contribution in [2.24, 2.45) is 5.10 Å².